The van der Waals surface area contributed by atoms with E-state index in [2.05, 4.69) is 41.8 Å². The molecule has 0 saturated carbocycles. The summed E-state index contributed by atoms with van der Waals surface area (Å²) in [5.74, 6) is 0.826. The molecule has 0 amide bonds. The maximum atomic E-state index is 3.49. The Labute approximate surface area is 70.7 Å². The van der Waals surface area contributed by atoms with Crippen LogP contribution in [0.4, 0.5) is 0 Å². The fourth-order valence-electron chi connectivity index (χ4n) is 1.19. The van der Waals surface area contributed by atoms with Crippen LogP contribution in [0, 0.1) is 5.92 Å². The van der Waals surface area contributed by atoms with Crippen molar-refractivity contribution in [2.24, 2.45) is 5.92 Å². The third kappa shape index (κ3) is 1.80. The van der Waals surface area contributed by atoms with Crippen LogP contribution in [-0.4, -0.2) is 10.1 Å². The minimum Gasteiger partial charge on any atom is -0.303 e. The van der Waals surface area contributed by atoms with E-state index < -0.39 is 0 Å². The fourth-order valence-corrected chi connectivity index (χ4v) is 1.77. The molecular weight excluding hydrogens is 225 g/mol. The Balaban J connectivity index is 2.49. The summed E-state index contributed by atoms with van der Waals surface area (Å²) in [6.07, 6.45) is 2.73. The van der Waals surface area contributed by atoms with E-state index in [1.165, 1.54) is 19.4 Å². The van der Waals surface area contributed by atoms with Crippen LogP contribution >= 0.6 is 22.6 Å². The van der Waals surface area contributed by atoms with Gasteiger partial charge < -0.3 is 5.32 Å². The molecule has 0 aliphatic carbocycles. The van der Waals surface area contributed by atoms with Crippen LogP contribution in [0.25, 0.3) is 0 Å². The highest BCUT2D eigenvalue weighted by molar-refractivity contribution is 14.1. The standard InChI is InChI=1S/C7H14IN/c1-6-4-3-5-9-7(6,2)8/h6,9H,3-5H2,1-2H3/t6?,7-/m1/s1. The summed E-state index contributed by atoms with van der Waals surface area (Å²) in [5, 5.41) is 3.49. The van der Waals surface area contributed by atoms with Crippen molar-refractivity contribution in [2.75, 3.05) is 6.54 Å². The third-order valence-corrected chi connectivity index (χ3v) is 3.65. The molecular formula is C7H14IN. The first-order chi connectivity index (χ1) is 4.13. The number of nitrogens with one attached hydrogen (secondary N) is 1. The highest BCUT2D eigenvalue weighted by Crippen LogP contribution is 2.31. The molecule has 54 valence electrons. The van der Waals surface area contributed by atoms with Gasteiger partial charge in [0.25, 0.3) is 0 Å². The van der Waals surface area contributed by atoms with Crippen LogP contribution < -0.4 is 5.32 Å². The largest absolute Gasteiger partial charge is 0.303 e. The van der Waals surface area contributed by atoms with Gasteiger partial charge >= 0.3 is 0 Å². The van der Waals surface area contributed by atoms with Crippen molar-refractivity contribution < 1.29 is 0 Å². The number of rotatable bonds is 0. The summed E-state index contributed by atoms with van der Waals surface area (Å²) < 4.78 is 0.357. The smallest absolute Gasteiger partial charge is 0.0702 e. The summed E-state index contributed by atoms with van der Waals surface area (Å²) in [5.41, 5.74) is 0. The Morgan fingerprint density at radius 3 is 2.67 bits per heavy atom. The first-order valence-corrected chi connectivity index (χ1v) is 4.65. The molecule has 1 saturated heterocycles. The van der Waals surface area contributed by atoms with Crippen molar-refractivity contribution in [3.8, 4) is 0 Å². The van der Waals surface area contributed by atoms with E-state index in [0.717, 1.165) is 5.92 Å². The topological polar surface area (TPSA) is 12.0 Å². The van der Waals surface area contributed by atoms with Gasteiger partial charge in [-0.15, -0.1) is 0 Å². The minimum atomic E-state index is 0.357. The first kappa shape index (κ1) is 7.79. The molecule has 2 atom stereocenters. The lowest BCUT2D eigenvalue weighted by Gasteiger charge is -2.35. The minimum absolute atomic E-state index is 0.357. The predicted octanol–water partition coefficient (Wildman–Crippen LogP) is 2.16. The second-order valence-corrected chi connectivity index (χ2v) is 5.29. The van der Waals surface area contributed by atoms with E-state index in [4.69, 9.17) is 0 Å². The molecule has 9 heavy (non-hydrogen) atoms. The number of alkyl halides is 1. The molecule has 1 aliphatic rings. The number of piperidine rings is 1. The second kappa shape index (κ2) is 2.74. The molecule has 0 aromatic heterocycles. The lowest BCUT2D eigenvalue weighted by atomic mass is 9.94. The lowest BCUT2D eigenvalue weighted by molar-refractivity contribution is 0.303. The fraction of sp³-hybridized carbons (Fsp3) is 1.00. The maximum absolute atomic E-state index is 3.49. The molecule has 0 bridgehead atoms. The van der Waals surface area contributed by atoms with Crippen LogP contribution in [0.15, 0.2) is 0 Å². The van der Waals surface area contributed by atoms with Crippen molar-refractivity contribution in [3.05, 3.63) is 0 Å². The molecule has 0 radical (unpaired) electrons. The molecule has 1 N–H and O–H groups in total. The Morgan fingerprint density at radius 1 is 1.67 bits per heavy atom. The van der Waals surface area contributed by atoms with E-state index in [1.807, 2.05) is 0 Å². The Kier molecular flexibility index (Phi) is 2.37. The normalized spacial score (nSPS) is 45.0. The average Bonchev–Trinajstić information content (AvgIpc) is 1.77. The molecule has 1 aliphatic heterocycles. The molecule has 1 heterocycles. The molecule has 1 rings (SSSR count). The Hall–Kier alpha value is 0.690. The second-order valence-electron chi connectivity index (χ2n) is 3.05. The van der Waals surface area contributed by atoms with Gasteiger partial charge in [-0.1, -0.05) is 29.5 Å². The summed E-state index contributed by atoms with van der Waals surface area (Å²) in [6, 6.07) is 0. The van der Waals surface area contributed by atoms with E-state index in [9.17, 15) is 0 Å². The zero-order chi connectivity index (χ0) is 6.91. The molecule has 1 unspecified atom stereocenters. The first-order valence-electron chi connectivity index (χ1n) is 3.57. The Morgan fingerprint density at radius 2 is 2.33 bits per heavy atom. The number of hydrogen-bond donors (Lipinski definition) is 1. The number of hydrogen-bond acceptors (Lipinski definition) is 1. The Bertz CT molecular complexity index is 101. The van der Waals surface area contributed by atoms with Gasteiger partial charge in [-0.3, -0.25) is 0 Å². The van der Waals surface area contributed by atoms with Gasteiger partial charge in [0.1, 0.15) is 0 Å². The van der Waals surface area contributed by atoms with Gasteiger partial charge in [-0.05, 0) is 32.2 Å². The van der Waals surface area contributed by atoms with Gasteiger partial charge in [0.15, 0.2) is 0 Å². The van der Waals surface area contributed by atoms with Crippen molar-refractivity contribution in [3.63, 3.8) is 0 Å². The van der Waals surface area contributed by atoms with E-state index >= 15 is 0 Å². The molecule has 0 aromatic rings. The van der Waals surface area contributed by atoms with E-state index in [0.29, 0.717) is 3.55 Å². The van der Waals surface area contributed by atoms with Gasteiger partial charge in [0.05, 0.1) is 3.55 Å². The summed E-state index contributed by atoms with van der Waals surface area (Å²) >= 11 is 2.51. The SMILES string of the molecule is CC1CCCN[C@@]1(C)I. The van der Waals surface area contributed by atoms with E-state index in [-0.39, 0.29) is 0 Å². The highest BCUT2D eigenvalue weighted by Gasteiger charge is 2.29. The van der Waals surface area contributed by atoms with Crippen molar-refractivity contribution >= 4 is 22.6 Å². The molecule has 0 aromatic carbocycles. The van der Waals surface area contributed by atoms with Crippen LogP contribution in [0.3, 0.4) is 0 Å². The molecule has 1 fully saturated rings. The van der Waals surface area contributed by atoms with Gasteiger partial charge in [-0.2, -0.15) is 0 Å². The van der Waals surface area contributed by atoms with Gasteiger partial charge in [-0.25, -0.2) is 0 Å². The summed E-state index contributed by atoms with van der Waals surface area (Å²) in [6.45, 7) is 5.79. The van der Waals surface area contributed by atoms with Crippen LogP contribution in [-0.2, 0) is 0 Å². The maximum Gasteiger partial charge on any atom is 0.0702 e. The van der Waals surface area contributed by atoms with Crippen molar-refractivity contribution in [2.45, 2.75) is 30.2 Å². The monoisotopic (exact) mass is 239 g/mol. The van der Waals surface area contributed by atoms with Gasteiger partial charge in [0, 0.05) is 0 Å². The van der Waals surface area contributed by atoms with Crippen LogP contribution in [0.1, 0.15) is 26.7 Å². The molecule has 0 spiro atoms. The lowest BCUT2D eigenvalue weighted by Crippen LogP contribution is -2.46. The van der Waals surface area contributed by atoms with Crippen molar-refractivity contribution in [1.29, 1.82) is 0 Å². The predicted molar refractivity (Wildman–Crippen MR) is 48.8 cm³/mol. The van der Waals surface area contributed by atoms with Crippen LogP contribution in [0.5, 0.6) is 0 Å². The van der Waals surface area contributed by atoms with Gasteiger partial charge in [0.2, 0.25) is 0 Å². The molecule has 2 heteroatoms. The van der Waals surface area contributed by atoms with Crippen molar-refractivity contribution in [1.82, 2.24) is 5.32 Å². The van der Waals surface area contributed by atoms with E-state index in [1.54, 1.807) is 0 Å². The molecule has 1 nitrogen and oxygen atoms in total. The summed E-state index contributed by atoms with van der Waals surface area (Å²) in [7, 11) is 0. The highest BCUT2D eigenvalue weighted by atomic mass is 127. The zero-order valence-electron chi connectivity index (χ0n) is 6.08. The average molecular weight is 239 g/mol. The quantitative estimate of drug-likeness (QED) is 0.388. The summed E-state index contributed by atoms with van der Waals surface area (Å²) in [4.78, 5) is 0. The third-order valence-electron chi connectivity index (χ3n) is 2.21. The number of halogens is 1. The van der Waals surface area contributed by atoms with Crippen LogP contribution in [0.2, 0.25) is 0 Å². The zero-order valence-corrected chi connectivity index (χ0v) is 8.23.